The molecule has 4 rings (SSSR count). The second-order valence-electron chi connectivity index (χ2n) is 7.23. The fourth-order valence-corrected chi connectivity index (χ4v) is 8.00. The Labute approximate surface area is 187 Å². The SMILES string of the molecule is O=C(C[P+](c1ccccc1)(c1ccccc1)c1ccccc1)C(=O)c1ccc(Cl)cc1. The first-order valence-electron chi connectivity index (χ1n) is 9.99. The molecule has 4 heteroatoms. The number of rotatable bonds is 7. The minimum absolute atomic E-state index is 0.131. The van der Waals surface area contributed by atoms with Crippen LogP contribution in [0, 0.1) is 0 Å². The summed E-state index contributed by atoms with van der Waals surface area (Å²) in [5, 5.41) is 3.75. The van der Waals surface area contributed by atoms with Gasteiger partial charge in [-0.2, -0.15) is 0 Å². The van der Waals surface area contributed by atoms with E-state index in [1.165, 1.54) is 0 Å². The molecule has 0 aliphatic rings. The van der Waals surface area contributed by atoms with Crippen LogP contribution in [0.3, 0.4) is 0 Å². The van der Waals surface area contributed by atoms with Crippen molar-refractivity contribution in [2.24, 2.45) is 0 Å². The first kappa shape index (κ1) is 21.2. The summed E-state index contributed by atoms with van der Waals surface area (Å²) in [5.74, 6) is -0.879. The van der Waals surface area contributed by atoms with Crippen molar-refractivity contribution in [1.82, 2.24) is 0 Å². The van der Waals surface area contributed by atoms with E-state index in [1.807, 2.05) is 54.6 Å². The van der Waals surface area contributed by atoms with Crippen molar-refractivity contribution in [3.05, 3.63) is 126 Å². The number of Topliss-reactive ketones (excluding diaryl/α,β-unsaturated/α-hetero) is 2. The molecular weight excluding hydrogens is 423 g/mol. The van der Waals surface area contributed by atoms with Gasteiger partial charge in [-0.05, 0) is 60.7 Å². The highest BCUT2D eigenvalue weighted by Crippen LogP contribution is 2.55. The Balaban J connectivity index is 1.87. The molecule has 31 heavy (non-hydrogen) atoms. The monoisotopic (exact) mass is 443 g/mol. The van der Waals surface area contributed by atoms with Crippen molar-refractivity contribution in [1.29, 1.82) is 0 Å². The molecule has 0 aromatic heterocycles. The van der Waals surface area contributed by atoms with Crippen LogP contribution in [0.5, 0.6) is 0 Å². The van der Waals surface area contributed by atoms with E-state index in [1.54, 1.807) is 24.3 Å². The highest BCUT2D eigenvalue weighted by molar-refractivity contribution is 7.96. The summed E-state index contributed by atoms with van der Waals surface area (Å²) in [7, 11) is -2.39. The molecule has 0 radical (unpaired) electrons. The minimum Gasteiger partial charge on any atom is -0.286 e. The van der Waals surface area contributed by atoms with Gasteiger partial charge in [-0.25, -0.2) is 0 Å². The van der Waals surface area contributed by atoms with E-state index in [4.69, 9.17) is 11.6 Å². The second-order valence-corrected chi connectivity index (χ2v) is 11.2. The number of hydrogen-bond donors (Lipinski definition) is 0. The standard InChI is InChI=1S/C27H21ClO2P/c28-22-18-16-21(17-19-22)27(30)26(29)20-31(23-10-4-1-5-11-23,24-12-6-2-7-13-24)25-14-8-3-9-15-25/h1-19H,20H2/q+1. The number of ketones is 2. The molecule has 0 bridgehead atoms. The number of halogens is 1. The van der Waals surface area contributed by atoms with Crippen molar-refractivity contribution < 1.29 is 9.59 Å². The van der Waals surface area contributed by atoms with Gasteiger partial charge in [0.2, 0.25) is 11.6 Å². The Morgan fingerprint density at radius 2 is 0.968 bits per heavy atom. The molecule has 0 spiro atoms. The first-order chi connectivity index (χ1) is 15.1. The number of hydrogen-bond acceptors (Lipinski definition) is 2. The number of carbonyl (C=O) groups excluding carboxylic acids is 2. The van der Waals surface area contributed by atoms with Gasteiger partial charge in [-0.3, -0.25) is 9.59 Å². The lowest BCUT2D eigenvalue weighted by Crippen LogP contribution is -2.37. The van der Waals surface area contributed by atoms with Gasteiger partial charge >= 0.3 is 0 Å². The zero-order valence-electron chi connectivity index (χ0n) is 16.8. The molecule has 0 saturated carbocycles. The molecule has 0 aliphatic heterocycles. The summed E-state index contributed by atoms with van der Waals surface area (Å²) in [6, 6.07) is 36.7. The fraction of sp³-hybridized carbons (Fsp3) is 0.0370. The lowest BCUT2D eigenvalue weighted by atomic mass is 10.1. The van der Waals surface area contributed by atoms with Gasteiger partial charge in [0, 0.05) is 10.6 Å². The maximum Gasteiger partial charge on any atom is 0.241 e. The van der Waals surface area contributed by atoms with Gasteiger partial charge < -0.3 is 0 Å². The largest absolute Gasteiger partial charge is 0.286 e. The van der Waals surface area contributed by atoms with Gasteiger partial charge in [0.25, 0.3) is 0 Å². The third-order valence-electron chi connectivity index (χ3n) is 5.33. The summed E-state index contributed by atoms with van der Waals surface area (Å²) in [4.78, 5) is 26.5. The zero-order valence-corrected chi connectivity index (χ0v) is 18.5. The summed E-state index contributed by atoms with van der Waals surface area (Å²) in [6.07, 6.45) is 0.131. The van der Waals surface area contributed by atoms with E-state index in [0.717, 1.165) is 15.9 Å². The van der Waals surface area contributed by atoms with Crippen molar-refractivity contribution in [3.8, 4) is 0 Å². The van der Waals surface area contributed by atoms with Gasteiger partial charge in [0.1, 0.15) is 29.3 Å². The lowest BCUT2D eigenvalue weighted by Gasteiger charge is -2.26. The average molecular weight is 444 g/mol. The van der Waals surface area contributed by atoms with Crippen LogP contribution in [-0.4, -0.2) is 17.7 Å². The predicted molar refractivity (Wildman–Crippen MR) is 131 cm³/mol. The zero-order chi connectivity index (χ0) is 21.7. The molecule has 152 valence electrons. The predicted octanol–water partition coefficient (Wildman–Crippen LogP) is 5.09. The van der Waals surface area contributed by atoms with E-state index in [0.29, 0.717) is 10.6 Å². The van der Waals surface area contributed by atoms with E-state index in [9.17, 15) is 9.59 Å². The van der Waals surface area contributed by atoms with Crippen LogP contribution in [0.2, 0.25) is 5.02 Å². The van der Waals surface area contributed by atoms with Crippen molar-refractivity contribution >= 4 is 46.3 Å². The van der Waals surface area contributed by atoms with Crippen LogP contribution in [-0.2, 0) is 4.79 Å². The van der Waals surface area contributed by atoms with Gasteiger partial charge in [0.15, 0.2) is 0 Å². The molecule has 0 fully saturated rings. The normalized spacial score (nSPS) is 11.1. The van der Waals surface area contributed by atoms with E-state index >= 15 is 0 Å². The topological polar surface area (TPSA) is 34.1 Å². The van der Waals surface area contributed by atoms with Crippen LogP contribution in [0.4, 0.5) is 0 Å². The molecule has 0 amide bonds. The van der Waals surface area contributed by atoms with Gasteiger partial charge in [0.05, 0.1) is 0 Å². The van der Waals surface area contributed by atoms with Crippen LogP contribution in [0.25, 0.3) is 0 Å². The minimum atomic E-state index is -2.39. The Morgan fingerprint density at radius 1 is 0.581 bits per heavy atom. The van der Waals surface area contributed by atoms with Crippen molar-refractivity contribution in [3.63, 3.8) is 0 Å². The maximum absolute atomic E-state index is 13.4. The molecular formula is C27H21ClO2P+. The lowest BCUT2D eigenvalue weighted by molar-refractivity contribution is -0.112. The molecule has 0 heterocycles. The van der Waals surface area contributed by atoms with Crippen LogP contribution >= 0.6 is 18.9 Å². The Bertz CT molecular complexity index is 1080. The molecule has 4 aromatic carbocycles. The quantitative estimate of drug-likeness (QED) is 0.226. The highest BCUT2D eigenvalue weighted by Gasteiger charge is 2.48. The van der Waals surface area contributed by atoms with Crippen LogP contribution in [0.1, 0.15) is 10.4 Å². The molecule has 0 aliphatic carbocycles. The smallest absolute Gasteiger partial charge is 0.241 e. The van der Waals surface area contributed by atoms with E-state index < -0.39 is 18.8 Å². The van der Waals surface area contributed by atoms with E-state index in [2.05, 4.69) is 36.4 Å². The first-order valence-corrected chi connectivity index (χ1v) is 12.3. The molecule has 0 saturated heterocycles. The average Bonchev–Trinajstić information content (AvgIpc) is 2.84. The third kappa shape index (κ3) is 4.37. The number of benzene rings is 4. The Hall–Kier alpha value is -3.06. The van der Waals surface area contributed by atoms with Crippen molar-refractivity contribution in [2.45, 2.75) is 0 Å². The molecule has 4 aromatic rings. The third-order valence-corrected chi connectivity index (χ3v) is 9.88. The van der Waals surface area contributed by atoms with Gasteiger partial charge in [-0.1, -0.05) is 66.2 Å². The summed E-state index contributed by atoms with van der Waals surface area (Å²) in [6.45, 7) is 0. The maximum atomic E-state index is 13.4. The van der Waals surface area contributed by atoms with Crippen LogP contribution < -0.4 is 15.9 Å². The molecule has 0 unspecified atom stereocenters. The van der Waals surface area contributed by atoms with Gasteiger partial charge in [-0.15, -0.1) is 0 Å². The van der Waals surface area contributed by atoms with Crippen LogP contribution in [0.15, 0.2) is 115 Å². The van der Waals surface area contributed by atoms with E-state index in [-0.39, 0.29) is 6.16 Å². The summed E-state index contributed by atoms with van der Waals surface area (Å²) < 4.78 is 0. The number of carbonyl (C=O) groups is 2. The molecule has 0 atom stereocenters. The fourth-order valence-electron chi connectivity index (χ4n) is 3.82. The Morgan fingerprint density at radius 3 is 1.35 bits per heavy atom. The highest BCUT2D eigenvalue weighted by atomic mass is 35.5. The van der Waals surface area contributed by atoms with Crippen molar-refractivity contribution in [2.75, 3.05) is 6.16 Å². The molecule has 2 nitrogen and oxygen atoms in total. The summed E-state index contributed by atoms with van der Waals surface area (Å²) >= 11 is 5.95. The Kier molecular flexibility index (Phi) is 6.42. The summed E-state index contributed by atoms with van der Waals surface area (Å²) in [5.41, 5.74) is 0.363. The second kappa shape index (κ2) is 9.39. The molecule has 0 N–H and O–H groups in total.